The van der Waals surface area contributed by atoms with Crippen molar-refractivity contribution in [3.63, 3.8) is 0 Å². The Bertz CT molecular complexity index is 372. The molecule has 0 heterocycles. The topological polar surface area (TPSA) is 38.3 Å². The van der Waals surface area contributed by atoms with Gasteiger partial charge < -0.3 is 10.1 Å². The Hall–Kier alpha value is -1.77. The molecule has 15 heavy (non-hydrogen) atoms. The molecule has 3 nitrogen and oxygen atoms in total. The zero-order valence-electron chi connectivity index (χ0n) is 9.04. The van der Waals surface area contributed by atoms with Crippen LogP contribution in [-0.4, -0.2) is 19.6 Å². The maximum absolute atomic E-state index is 11.7. The number of ether oxygens (including phenoxy) is 1. The van der Waals surface area contributed by atoms with Gasteiger partial charge in [-0.1, -0.05) is 24.3 Å². The first-order valence-electron chi connectivity index (χ1n) is 4.70. The first-order chi connectivity index (χ1) is 7.15. The fourth-order valence-corrected chi connectivity index (χ4v) is 1.16. The molecule has 0 aliphatic rings. The number of benzene rings is 1. The van der Waals surface area contributed by atoms with Gasteiger partial charge in [0.05, 0.1) is 12.7 Å². The SMILES string of the molecule is C=C(C)CNC(=O)c1ccccc1OC. The van der Waals surface area contributed by atoms with E-state index in [1.54, 1.807) is 25.3 Å². The van der Waals surface area contributed by atoms with Crippen LogP contribution in [0.1, 0.15) is 17.3 Å². The first-order valence-corrected chi connectivity index (χ1v) is 4.70. The van der Waals surface area contributed by atoms with Crippen LogP contribution in [-0.2, 0) is 0 Å². The Morgan fingerprint density at radius 3 is 2.73 bits per heavy atom. The summed E-state index contributed by atoms with van der Waals surface area (Å²) in [5.74, 6) is 0.437. The van der Waals surface area contributed by atoms with E-state index in [2.05, 4.69) is 11.9 Å². The minimum absolute atomic E-state index is 0.143. The van der Waals surface area contributed by atoms with Gasteiger partial charge >= 0.3 is 0 Å². The van der Waals surface area contributed by atoms with E-state index in [0.29, 0.717) is 17.9 Å². The lowest BCUT2D eigenvalue weighted by atomic mass is 10.2. The Kier molecular flexibility index (Phi) is 3.92. The minimum Gasteiger partial charge on any atom is -0.496 e. The lowest BCUT2D eigenvalue weighted by Crippen LogP contribution is -2.25. The second-order valence-electron chi connectivity index (χ2n) is 3.34. The highest BCUT2D eigenvalue weighted by Crippen LogP contribution is 2.16. The van der Waals surface area contributed by atoms with E-state index in [1.165, 1.54) is 0 Å². The van der Waals surface area contributed by atoms with Crippen molar-refractivity contribution in [3.05, 3.63) is 42.0 Å². The van der Waals surface area contributed by atoms with E-state index in [9.17, 15) is 4.79 Å². The second-order valence-corrected chi connectivity index (χ2v) is 3.34. The van der Waals surface area contributed by atoms with Crippen LogP contribution < -0.4 is 10.1 Å². The molecule has 0 bridgehead atoms. The molecule has 0 aliphatic carbocycles. The van der Waals surface area contributed by atoms with Gasteiger partial charge in [-0.2, -0.15) is 0 Å². The maximum Gasteiger partial charge on any atom is 0.255 e. The molecule has 1 rings (SSSR count). The normalized spacial score (nSPS) is 9.47. The van der Waals surface area contributed by atoms with E-state index >= 15 is 0 Å². The average molecular weight is 205 g/mol. The van der Waals surface area contributed by atoms with Crippen molar-refractivity contribution in [2.75, 3.05) is 13.7 Å². The van der Waals surface area contributed by atoms with Crippen molar-refractivity contribution in [2.45, 2.75) is 6.92 Å². The lowest BCUT2D eigenvalue weighted by Gasteiger charge is -2.08. The van der Waals surface area contributed by atoms with Crippen molar-refractivity contribution in [3.8, 4) is 5.75 Å². The number of nitrogens with one attached hydrogen (secondary N) is 1. The zero-order chi connectivity index (χ0) is 11.3. The molecule has 0 aliphatic heterocycles. The third-order valence-corrected chi connectivity index (χ3v) is 1.90. The van der Waals surface area contributed by atoms with E-state index in [0.717, 1.165) is 5.57 Å². The summed E-state index contributed by atoms with van der Waals surface area (Å²) < 4.78 is 5.09. The second kappa shape index (κ2) is 5.20. The Morgan fingerprint density at radius 2 is 2.13 bits per heavy atom. The molecule has 0 atom stereocenters. The lowest BCUT2D eigenvalue weighted by molar-refractivity contribution is 0.0954. The van der Waals surface area contributed by atoms with E-state index in [1.807, 2.05) is 13.0 Å². The Morgan fingerprint density at radius 1 is 1.47 bits per heavy atom. The third kappa shape index (κ3) is 3.13. The summed E-state index contributed by atoms with van der Waals surface area (Å²) in [6, 6.07) is 7.12. The predicted octanol–water partition coefficient (Wildman–Crippen LogP) is 2.00. The van der Waals surface area contributed by atoms with E-state index in [4.69, 9.17) is 4.74 Å². The smallest absolute Gasteiger partial charge is 0.255 e. The maximum atomic E-state index is 11.7. The molecular weight excluding hydrogens is 190 g/mol. The van der Waals surface area contributed by atoms with Gasteiger partial charge in [0, 0.05) is 6.54 Å². The van der Waals surface area contributed by atoms with Crippen molar-refractivity contribution in [1.29, 1.82) is 0 Å². The third-order valence-electron chi connectivity index (χ3n) is 1.90. The number of methoxy groups -OCH3 is 1. The molecule has 0 radical (unpaired) electrons. The van der Waals surface area contributed by atoms with Gasteiger partial charge in [0.25, 0.3) is 5.91 Å². The molecule has 0 fully saturated rings. The van der Waals surface area contributed by atoms with Crippen LogP contribution in [0, 0.1) is 0 Å². The molecule has 80 valence electrons. The Labute approximate surface area is 89.8 Å². The van der Waals surface area contributed by atoms with Crippen LogP contribution in [0.3, 0.4) is 0 Å². The number of carbonyl (C=O) groups is 1. The monoisotopic (exact) mass is 205 g/mol. The molecule has 0 unspecified atom stereocenters. The quantitative estimate of drug-likeness (QED) is 0.763. The molecule has 1 aromatic carbocycles. The molecule has 0 saturated heterocycles. The van der Waals surface area contributed by atoms with Gasteiger partial charge in [-0.25, -0.2) is 0 Å². The fraction of sp³-hybridized carbons (Fsp3) is 0.250. The van der Waals surface area contributed by atoms with Crippen LogP contribution in [0.4, 0.5) is 0 Å². The summed E-state index contributed by atoms with van der Waals surface area (Å²) in [5, 5.41) is 2.75. The van der Waals surface area contributed by atoms with Crippen LogP contribution in [0.25, 0.3) is 0 Å². The molecular formula is C12H15NO2. The summed E-state index contributed by atoms with van der Waals surface area (Å²) in [5.41, 5.74) is 1.46. The molecule has 1 aromatic rings. The summed E-state index contributed by atoms with van der Waals surface area (Å²) >= 11 is 0. The molecule has 1 amide bonds. The van der Waals surface area contributed by atoms with Gasteiger partial charge in [0.1, 0.15) is 5.75 Å². The van der Waals surface area contributed by atoms with Crippen molar-refractivity contribution in [2.24, 2.45) is 0 Å². The van der Waals surface area contributed by atoms with E-state index in [-0.39, 0.29) is 5.91 Å². The summed E-state index contributed by atoms with van der Waals surface area (Å²) in [6.07, 6.45) is 0. The predicted molar refractivity (Wildman–Crippen MR) is 60.1 cm³/mol. The van der Waals surface area contributed by atoms with Crippen molar-refractivity contribution >= 4 is 5.91 Å². The number of hydrogen-bond acceptors (Lipinski definition) is 2. The first kappa shape index (κ1) is 11.3. The van der Waals surface area contributed by atoms with Crippen molar-refractivity contribution < 1.29 is 9.53 Å². The fourth-order valence-electron chi connectivity index (χ4n) is 1.16. The molecule has 1 N–H and O–H groups in total. The molecule has 3 heteroatoms. The minimum atomic E-state index is -0.143. The van der Waals surface area contributed by atoms with Gasteiger partial charge in [-0.05, 0) is 19.1 Å². The number of rotatable bonds is 4. The number of amides is 1. The van der Waals surface area contributed by atoms with Gasteiger partial charge in [0.15, 0.2) is 0 Å². The van der Waals surface area contributed by atoms with Crippen molar-refractivity contribution in [1.82, 2.24) is 5.32 Å². The molecule has 0 spiro atoms. The highest BCUT2D eigenvalue weighted by molar-refractivity contribution is 5.97. The van der Waals surface area contributed by atoms with Gasteiger partial charge in [0.2, 0.25) is 0 Å². The van der Waals surface area contributed by atoms with Gasteiger partial charge in [-0.15, -0.1) is 0 Å². The van der Waals surface area contributed by atoms with Crippen LogP contribution in [0.2, 0.25) is 0 Å². The molecule has 0 aromatic heterocycles. The van der Waals surface area contributed by atoms with Crippen LogP contribution in [0.15, 0.2) is 36.4 Å². The van der Waals surface area contributed by atoms with Crippen LogP contribution >= 0.6 is 0 Å². The molecule has 0 saturated carbocycles. The van der Waals surface area contributed by atoms with Crippen LogP contribution in [0.5, 0.6) is 5.75 Å². The number of hydrogen-bond donors (Lipinski definition) is 1. The van der Waals surface area contributed by atoms with Gasteiger partial charge in [-0.3, -0.25) is 4.79 Å². The summed E-state index contributed by atoms with van der Waals surface area (Å²) in [6.45, 7) is 6.06. The standard InChI is InChI=1S/C12H15NO2/c1-9(2)8-13-12(14)10-6-4-5-7-11(10)15-3/h4-7H,1,8H2,2-3H3,(H,13,14). The highest BCUT2D eigenvalue weighted by atomic mass is 16.5. The number of carbonyl (C=O) groups excluding carboxylic acids is 1. The summed E-state index contributed by atoms with van der Waals surface area (Å²) in [7, 11) is 1.55. The summed E-state index contributed by atoms with van der Waals surface area (Å²) in [4.78, 5) is 11.7. The highest BCUT2D eigenvalue weighted by Gasteiger charge is 2.09. The largest absolute Gasteiger partial charge is 0.496 e. The van der Waals surface area contributed by atoms with E-state index < -0.39 is 0 Å². The Balaban J connectivity index is 2.77. The average Bonchev–Trinajstić information content (AvgIpc) is 2.25. The zero-order valence-corrected chi connectivity index (χ0v) is 9.04. The number of para-hydroxylation sites is 1.